The molecule has 1 unspecified atom stereocenters. The Morgan fingerprint density at radius 3 is 2.37 bits per heavy atom. The molecule has 0 bridgehead atoms. The minimum absolute atomic E-state index is 0.188. The normalized spacial score (nSPS) is 23.8. The van der Waals surface area contributed by atoms with Crippen LogP contribution in [0.25, 0.3) is 0 Å². The lowest BCUT2D eigenvalue weighted by Crippen LogP contribution is -2.56. The number of ether oxygens (including phenoxy) is 1. The number of halogens is 2. The molecule has 1 saturated carbocycles. The van der Waals surface area contributed by atoms with Gasteiger partial charge in [-0.3, -0.25) is 9.59 Å². The highest BCUT2D eigenvalue weighted by Gasteiger charge is 2.48. The van der Waals surface area contributed by atoms with Gasteiger partial charge in [0, 0.05) is 16.1 Å². The number of carboxylic acids is 1. The van der Waals surface area contributed by atoms with E-state index in [4.69, 9.17) is 27.9 Å². The van der Waals surface area contributed by atoms with Crippen LogP contribution in [0.1, 0.15) is 55.9 Å². The number of benzene rings is 2. The topological polar surface area (TPSA) is 101 Å². The second-order valence-corrected chi connectivity index (χ2v) is 12.2. The number of hydrogen-bond donors (Lipinski definition) is 1. The van der Waals surface area contributed by atoms with E-state index in [1.54, 1.807) is 48.5 Å². The fourth-order valence-electron chi connectivity index (χ4n) is 4.63. The Morgan fingerprint density at radius 2 is 1.80 bits per heavy atom. The van der Waals surface area contributed by atoms with Crippen LogP contribution in [0.4, 0.5) is 0 Å². The third kappa shape index (κ3) is 5.82. The first kappa shape index (κ1) is 25.9. The van der Waals surface area contributed by atoms with E-state index in [9.17, 15) is 23.1 Å². The summed E-state index contributed by atoms with van der Waals surface area (Å²) in [5.41, 5.74) is 1.36. The molecule has 2 aromatic carbocycles. The predicted molar refractivity (Wildman–Crippen MR) is 133 cm³/mol. The summed E-state index contributed by atoms with van der Waals surface area (Å²) in [5.74, 6) is -1.91. The van der Waals surface area contributed by atoms with Crippen molar-refractivity contribution in [1.82, 2.24) is 4.90 Å². The molecule has 2 fully saturated rings. The lowest BCUT2D eigenvalue weighted by atomic mass is 9.89. The van der Waals surface area contributed by atoms with Gasteiger partial charge in [-0.25, -0.2) is 8.42 Å². The summed E-state index contributed by atoms with van der Waals surface area (Å²) in [6.07, 6.45) is -0.936. The van der Waals surface area contributed by atoms with Gasteiger partial charge in [0.1, 0.15) is 12.2 Å². The van der Waals surface area contributed by atoms with E-state index in [0.717, 1.165) is 0 Å². The molecule has 7 nitrogen and oxygen atoms in total. The molecule has 0 aromatic heterocycles. The summed E-state index contributed by atoms with van der Waals surface area (Å²) in [7, 11) is -3.41. The molecule has 35 heavy (non-hydrogen) atoms. The quantitative estimate of drug-likeness (QED) is 0.489. The molecule has 10 heteroatoms. The van der Waals surface area contributed by atoms with Gasteiger partial charge in [-0.1, -0.05) is 54.4 Å². The van der Waals surface area contributed by atoms with Crippen LogP contribution in [0, 0.1) is 0 Å². The van der Waals surface area contributed by atoms with Crippen molar-refractivity contribution >= 4 is 44.9 Å². The second kappa shape index (κ2) is 10.5. The van der Waals surface area contributed by atoms with Crippen molar-refractivity contribution in [3.05, 3.63) is 69.7 Å². The van der Waals surface area contributed by atoms with Crippen molar-refractivity contribution in [2.45, 2.75) is 62.1 Å². The Labute approximate surface area is 214 Å². The highest BCUT2D eigenvalue weighted by Crippen LogP contribution is 2.45. The number of morpholine rings is 1. The molecule has 0 spiro atoms. The molecule has 4 rings (SSSR count). The molecule has 1 aliphatic carbocycles. The smallest absolute Gasteiger partial charge is 0.306 e. The van der Waals surface area contributed by atoms with Crippen molar-refractivity contribution in [3.63, 3.8) is 0 Å². The number of aliphatic carboxylic acids is 1. The molecule has 1 N–H and O–H groups in total. The van der Waals surface area contributed by atoms with Crippen LogP contribution in [0.3, 0.4) is 0 Å². The minimum Gasteiger partial charge on any atom is -0.481 e. The van der Waals surface area contributed by atoms with Crippen LogP contribution in [0.2, 0.25) is 10.0 Å². The fourth-order valence-corrected chi connectivity index (χ4v) is 7.01. The Bertz CT molecular complexity index is 1200. The molecule has 2 aromatic rings. The molecule has 2 aliphatic rings. The first-order valence-electron chi connectivity index (χ1n) is 11.5. The molecule has 188 valence electrons. The lowest BCUT2D eigenvalue weighted by molar-refractivity contribution is -0.182. The molecule has 1 amide bonds. The van der Waals surface area contributed by atoms with E-state index in [1.807, 2.05) is 6.92 Å². The zero-order valence-electron chi connectivity index (χ0n) is 19.1. The first-order chi connectivity index (χ1) is 16.6. The minimum atomic E-state index is -3.41. The Hall–Kier alpha value is -2.13. The summed E-state index contributed by atoms with van der Waals surface area (Å²) in [4.78, 5) is 26.8. The van der Waals surface area contributed by atoms with Crippen molar-refractivity contribution in [2.75, 3.05) is 5.75 Å². The Kier molecular flexibility index (Phi) is 7.76. The number of hydrogen-bond acceptors (Lipinski definition) is 5. The average molecular weight is 540 g/mol. The van der Waals surface area contributed by atoms with Crippen LogP contribution in [-0.4, -0.2) is 53.4 Å². The van der Waals surface area contributed by atoms with Crippen molar-refractivity contribution in [1.29, 1.82) is 0 Å². The monoisotopic (exact) mass is 539 g/mol. The number of rotatable bonds is 9. The number of carboxylic acid groups (broad SMARTS) is 1. The van der Waals surface area contributed by atoms with E-state index in [0.29, 0.717) is 40.4 Å². The van der Waals surface area contributed by atoms with Crippen molar-refractivity contribution < 1.29 is 27.9 Å². The van der Waals surface area contributed by atoms with E-state index >= 15 is 0 Å². The fraction of sp³-hybridized carbons (Fsp3) is 0.440. The van der Waals surface area contributed by atoms with E-state index < -0.39 is 52.4 Å². The third-order valence-corrected chi connectivity index (χ3v) is 9.32. The van der Waals surface area contributed by atoms with Crippen LogP contribution in [-0.2, 0) is 24.2 Å². The standard InChI is InChI=1S/C25H27Cl2NO6S/c1-2-19(14-35(32,33)20-10-11-20)28-23(15-6-8-17(26)9-7-15)24(16-4-3-5-18(27)12-16)34-21(25(28)31)13-22(29)30/h3-9,12,19-21,23-24H,2,10-11,13-14H2,1H3,(H,29,30)/t19-,21-,23?,24+/m0/s1. The van der Waals surface area contributed by atoms with Gasteiger partial charge in [-0.05, 0) is 54.7 Å². The largest absolute Gasteiger partial charge is 0.481 e. The summed E-state index contributed by atoms with van der Waals surface area (Å²) < 4.78 is 32.1. The summed E-state index contributed by atoms with van der Waals surface area (Å²) in [5, 5.41) is 10.1. The number of carbonyl (C=O) groups is 2. The van der Waals surface area contributed by atoms with E-state index in [2.05, 4.69) is 0 Å². The second-order valence-electron chi connectivity index (χ2n) is 9.03. The van der Waals surface area contributed by atoms with E-state index in [-0.39, 0.29) is 11.0 Å². The van der Waals surface area contributed by atoms with Gasteiger partial charge in [0.05, 0.1) is 23.5 Å². The Balaban J connectivity index is 1.84. The number of sulfone groups is 1. The SMILES string of the molecule is CC[C@@H](CS(=O)(=O)C1CC1)N1C(=O)[C@H](CC(=O)O)O[C@H](c2cccc(Cl)c2)C1c1ccc(Cl)cc1. The van der Waals surface area contributed by atoms with Gasteiger partial charge in [-0.15, -0.1) is 0 Å². The van der Waals surface area contributed by atoms with Crippen LogP contribution < -0.4 is 0 Å². The Morgan fingerprint density at radius 1 is 1.11 bits per heavy atom. The molecule has 4 atom stereocenters. The highest BCUT2D eigenvalue weighted by atomic mass is 35.5. The van der Waals surface area contributed by atoms with Crippen LogP contribution in [0.15, 0.2) is 48.5 Å². The maximum Gasteiger partial charge on any atom is 0.306 e. The van der Waals surface area contributed by atoms with Crippen molar-refractivity contribution in [3.8, 4) is 0 Å². The number of amides is 1. The third-order valence-electron chi connectivity index (χ3n) is 6.50. The maximum atomic E-state index is 13.7. The predicted octanol–water partition coefficient (Wildman–Crippen LogP) is 4.83. The van der Waals surface area contributed by atoms with Gasteiger partial charge in [-0.2, -0.15) is 0 Å². The highest BCUT2D eigenvalue weighted by molar-refractivity contribution is 7.92. The van der Waals surface area contributed by atoms with Gasteiger partial charge < -0.3 is 14.7 Å². The zero-order chi connectivity index (χ0) is 25.3. The number of carbonyl (C=O) groups excluding carboxylic acids is 1. The maximum absolute atomic E-state index is 13.7. The van der Waals surface area contributed by atoms with Gasteiger partial charge in [0.15, 0.2) is 9.84 Å². The van der Waals surface area contributed by atoms with Gasteiger partial charge in [0.2, 0.25) is 0 Å². The molecular formula is C25H27Cl2NO6S. The van der Waals surface area contributed by atoms with Crippen molar-refractivity contribution in [2.24, 2.45) is 0 Å². The molecule has 1 heterocycles. The average Bonchev–Trinajstić information content (AvgIpc) is 3.65. The lowest BCUT2D eigenvalue weighted by Gasteiger charge is -2.48. The van der Waals surface area contributed by atoms with Crippen LogP contribution in [0.5, 0.6) is 0 Å². The van der Waals surface area contributed by atoms with Gasteiger partial charge >= 0.3 is 5.97 Å². The first-order valence-corrected chi connectivity index (χ1v) is 14.0. The molecular weight excluding hydrogens is 513 g/mol. The molecule has 1 saturated heterocycles. The summed E-state index contributed by atoms with van der Waals surface area (Å²) in [6, 6.07) is 12.5. The summed E-state index contributed by atoms with van der Waals surface area (Å²) >= 11 is 12.4. The van der Waals surface area contributed by atoms with Gasteiger partial charge in [0.25, 0.3) is 5.91 Å². The molecule has 1 aliphatic heterocycles. The summed E-state index contributed by atoms with van der Waals surface area (Å²) in [6.45, 7) is 1.83. The van der Waals surface area contributed by atoms with Crippen LogP contribution >= 0.6 is 23.2 Å². The number of nitrogens with zero attached hydrogens (tertiary/aromatic N) is 1. The molecule has 0 radical (unpaired) electrons. The zero-order valence-corrected chi connectivity index (χ0v) is 21.5. The van der Waals surface area contributed by atoms with E-state index in [1.165, 1.54) is 4.90 Å².